The maximum absolute atomic E-state index is 12.9. The molecule has 0 saturated carbocycles. The highest BCUT2D eigenvalue weighted by molar-refractivity contribution is 5.71. The van der Waals surface area contributed by atoms with Crippen molar-refractivity contribution >= 4 is 17.9 Å². The number of ether oxygens (including phenoxy) is 3. The molecule has 1 atom stereocenters. The molecule has 0 aromatic carbocycles. The second-order valence-electron chi connectivity index (χ2n) is 24.5. The Bertz CT molecular complexity index is 1400. The number of rotatable bonds is 67. The van der Waals surface area contributed by atoms with Crippen LogP contribution in [0.2, 0.25) is 0 Å². The van der Waals surface area contributed by atoms with Gasteiger partial charge in [0, 0.05) is 19.3 Å². The second kappa shape index (κ2) is 69.9. The first-order valence-corrected chi connectivity index (χ1v) is 36.1. The first kappa shape index (κ1) is 78.4. The summed E-state index contributed by atoms with van der Waals surface area (Å²) in [5.74, 6) is -0.848. The van der Waals surface area contributed by atoms with E-state index in [9.17, 15) is 14.4 Å². The summed E-state index contributed by atoms with van der Waals surface area (Å²) in [5, 5.41) is 0. The Labute approximate surface area is 505 Å². The molecule has 6 nitrogen and oxygen atoms in total. The highest BCUT2D eigenvalue weighted by Crippen LogP contribution is 2.19. The molecule has 0 fully saturated rings. The van der Waals surface area contributed by atoms with Gasteiger partial charge in [-0.15, -0.1) is 0 Å². The van der Waals surface area contributed by atoms with Gasteiger partial charge >= 0.3 is 17.9 Å². The summed E-state index contributed by atoms with van der Waals surface area (Å²) in [6.07, 6.45) is 89.1. The number of unbranched alkanes of at least 4 members (excludes halogenated alkanes) is 48. The molecular formula is C75H138O6. The van der Waals surface area contributed by atoms with Crippen LogP contribution in [0.3, 0.4) is 0 Å². The van der Waals surface area contributed by atoms with Crippen LogP contribution in [-0.2, 0) is 28.6 Å². The van der Waals surface area contributed by atoms with E-state index in [2.05, 4.69) is 69.4 Å². The molecule has 0 aromatic rings. The molecule has 0 heterocycles. The fraction of sp³-hybridized carbons (Fsp3) is 0.853. The Kier molecular flexibility index (Phi) is 67.6. The summed E-state index contributed by atoms with van der Waals surface area (Å²) < 4.78 is 16.9. The first-order chi connectivity index (χ1) is 40.0. The van der Waals surface area contributed by atoms with Gasteiger partial charge in [0.2, 0.25) is 0 Å². The minimum absolute atomic E-state index is 0.0665. The van der Waals surface area contributed by atoms with Gasteiger partial charge in [-0.3, -0.25) is 14.4 Å². The van der Waals surface area contributed by atoms with Crippen molar-refractivity contribution in [2.45, 2.75) is 399 Å². The molecule has 0 amide bonds. The predicted molar refractivity (Wildman–Crippen MR) is 353 cm³/mol. The quantitative estimate of drug-likeness (QED) is 0.0261. The van der Waals surface area contributed by atoms with Crippen LogP contribution >= 0.6 is 0 Å². The molecule has 0 rings (SSSR count). The first-order valence-electron chi connectivity index (χ1n) is 36.1. The van der Waals surface area contributed by atoms with Crippen molar-refractivity contribution in [3.63, 3.8) is 0 Å². The Morgan fingerprint density at radius 3 is 0.753 bits per heavy atom. The molecule has 0 aromatic heterocycles. The highest BCUT2D eigenvalue weighted by Gasteiger charge is 2.19. The van der Waals surface area contributed by atoms with E-state index >= 15 is 0 Å². The Morgan fingerprint density at radius 2 is 0.481 bits per heavy atom. The summed E-state index contributed by atoms with van der Waals surface area (Å²) in [7, 11) is 0. The average molecular weight is 1140 g/mol. The highest BCUT2D eigenvalue weighted by atomic mass is 16.6. The van der Waals surface area contributed by atoms with Crippen molar-refractivity contribution in [1.29, 1.82) is 0 Å². The van der Waals surface area contributed by atoms with Crippen molar-refractivity contribution < 1.29 is 28.6 Å². The van der Waals surface area contributed by atoms with Crippen LogP contribution in [0.1, 0.15) is 393 Å². The molecule has 0 aliphatic heterocycles. The summed E-state index contributed by atoms with van der Waals surface area (Å²) in [4.78, 5) is 38.1. The van der Waals surface area contributed by atoms with Crippen molar-refractivity contribution in [2.75, 3.05) is 13.2 Å². The number of allylic oxidation sites excluding steroid dienone is 8. The maximum atomic E-state index is 12.9. The zero-order valence-corrected chi connectivity index (χ0v) is 54.6. The lowest BCUT2D eigenvalue weighted by Gasteiger charge is -2.18. The van der Waals surface area contributed by atoms with Crippen LogP contribution in [0.15, 0.2) is 48.6 Å². The summed E-state index contributed by atoms with van der Waals surface area (Å²) in [6.45, 7) is 6.54. The predicted octanol–water partition coefficient (Wildman–Crippen LogP) is 24.9. The lowest BCUT2D eigenvalue weighted by molar-refractivity contribution is -0.167. The third kappa shape index (κ3) is 68.0. The fourth-order valence-electron chi connectivity index (χ4n) is 11.0. The molecule has 0 saturated heterocycles. The summed E-state index contributed by atoms with van der Waals surface area (Å²) in [6, 6.07) is 0. The van der Waals surface area contributed by atoms with Gasteiger partial charge in [-0.05, 0) is 57.8 Å². The monoisotopic (exact) mass is 1140 g/mol. The van der Waals surface area contributed by atoms with E-state index in [1.807, 2.05) is 0 Å². The zero-order valence-electron chi connectivity index (χ0n) is 54.6. The minimum atomic E-state index is -0.766. The molecule has 0 bridgehead atoms. The molecule has 6 heteroatoms. The van der Waals surface area contributed by atoms with Crippen molar-refractivity contribution in [2.24, 2.45) is 0 Å². The van der Waals surface area contributed by atoms with Crippen LogP contribution in [0.5, 0.6) is 0 Å². The number of carbonyl (C=O) groups is 3. The van der Waals surface area contributed by atoms with E-state index < -0.39 is 6.10 Å². The van der Waals surface area contributed by atoms with Crippen molar-refractivity contribution in [3.8, 4) is 0 Å². The fourth-order valence-corrected chi connectivity index (χ4v) is 11.0. The minimum Gasteiger partial charge on any atom is -0.462 e. The van der Waals surface area contributed by atoms with Gasteiger partial charge in [-0.25, -0.2) is 0 Å². The van der Waals surface area contributed by atoms with Crippen LogP contribution in [-0.4, -0.2) is 37.2 Å². The number of carbonyl (C=O) groups excluding carboxylic acids is 3. The normalized spacial score (nSPS) is 12.3. The van der Waals surface area contributed by atoms with Crippen LogP contribution < -0.4 is 0 Å². The van der Waals surface area contributed by atoms with E-state index in [1.165, 1.54) is 270 Å². The Hall–Kier alpha value is -2.63. The Balaban J connectivity index is 3.95. The lowest BCUT2D eigenvalue weighted by Crippen LogP contribution is -2.30. The third-order valence-corrected chi connectivity index (χ3v) is 16.3. The van der Waals surface area contributed by atoms with Gasteiger partial charge in [0.25, 0.3) is 0 Å². The lowest BCUT2D eigenvalue weighted by atomic mass is 10.0. The summed E-state index contributed by atoms with van der Waals surface area (Å²) >= 11 is 0. The largest absolute Gasteiger partial charge is 0.462 e. The molecule has 0 spiro atoms. The molecule has 474 valence electrons. The van der Waals surface area contributed by atoms with Crippen molar-refractivity contribution in [1.82, 2.24) is 0 Å². The smallest absolute Gasteiger partial charge is 0.306 e. The van der Waals surface area contributed by atoms with E-state index in [-0.39, 0.29) is 31.1 Å². The molecule has 0 aliphatic carbocycles. The van der Waals surface area contributed by atoms with Gasteiger partial charge in [0.15, 0.2) is 6.10 Å². The van der Waals surface area contributed by atoms with E-state index in [4.69, 9.17) is 14.2 Å². The van der Waals surface area contributed by atoms with E-state index in [0.717, 1.165) is 83.5 Å². The number of esters is 3. The summed E-state index contributed by atoms with van der Waals surface area (Å²) in [5.41, 5.74) is 0. The topological polar surface area (TPSA) is 78.9 Å². The van der Waals surface area contributed by atoms with Gasteiger partial charge < -0.3 is 14.2 Å². The maximum Gasteiger partial charge on any atom is 0.306 e. The zero-order chi connectivity index (χ0) is 58.5. The molecule has 0 aliphatic rings. The van der Waals surface area contributed by atoms with E-state index in [1.54, 1.807) is 0 Å². The molecule has 0 radical (unpaired) electrons. The van der Waals surface area contributed by atoms with Gasteiger partial charge in [0.1, 0.15) is 13.2 Å². The average Bonchev–Trinajstić information content (AvgIpc) is 3.47. The molecular weight excluding hydrogens is 997 g/mol. The molecule has 0 N–H and O–H groups in total. The van der Waals surface area contributed by atoms with Crippen LogP contribution in [0.25, 0.3) is 0 Å². The second-order valence-corrected chi connectivity index (χ2v) is 24.5. The number of hydrogen-bond donors (Lipinski definition) is 0. The third-order valence-electron chi connectivity index (χ3n) is 16.3. The van der Waals surface area contributed by atoms with Gasteiger partial charge in [-0.1, -0.05) is 365 Å². The molecule has 1 unspecified atom stereocenters. The van der Waals surface area contributed by atoms with E-state index in [0.29, 0.717) is 19.3 Å². The Morgan fingerprint density at radius 1 is 0.259 bits per heavy atom. The molecule has 81 heavy (non-hydrogen) atoms. The van der Waals surface area contributed by atoms with Gasteiger partial charge in [0.05, 0.1) is 0 Å². The van der Waals surface area contributed by atoms with Crippen LogP contribution in [0.4, 0.5) is 0 Å². The SMILES string of the molecule is CC/C=C\C/C=C\C/C=C\C/C=C\CCCCCCCCCCCCCCCCCCCCC(=O)OCC(COC(=O)CCCCCCCC)OC(=O)CCCCCCCCCCCCCCCCCCCCCCCCCCCC. The number of hydrogen-bond acceptors (Lipinski definition) is 6. The van der Waals surface area contributed by atoms with Crippen molar-refractivity contribution in [3.05, 3.63) is 48.6 Å². The van der Waals surface area contributed by atoms with Crippen LogP contribution in [0, 0.1) is 0 Å². The van der Waals surface area contributed by atoms with Gasteiger partial charge in [-0.2, -0.15) is 0 Å². The standard InChI is InChI=1S/C75H138O6/c1-4-7-10-13-16-18-20-22-24-26-28-30-32-34-36-37-38-39-40-42-43-45-47-49-51-53-55-57-59-62-65-68-74(77)80-71-72(70-79-73(76)67-64-61-15-12-9-6-3)81-75(78)69-66-63-60-58-56-54-52-50-48-46-44-41-35-33-31-29-27-25-23-21-19-17-14-11-8-5-2/h7,10,16,18,22,24,28,30,72H,4-6,8-9,11-15,17,19-21,23,25-27,29,31-71H2,1-3H3/b10-7-,18-16-,24-22-,30-28-.